The molecule has 2 aromatic rings. The third-order valence-corrected chi connectivity index (χ3v) is 5.87. The molecule has 0 saturated carbocycles. The number of carbonyl (C=O) groups excluding carboxylic acids is 1. The molecule has 0 heterocycles. The number of nitro groups is 1. The number of benzene rings is 2. The van der Waals surface area contributed by atoms with Gasteiger partial charge in [-0.15, -0.1) is 0 Å². The molecule has 0 amide bonds. The van der Waals surface area contributed by atoms with Crippen molar-refractivity contribution in [1.82, 2.24) is 0 Å². The summed E-state index contributed by atoms with van der Waals surface area (Å²) in [7, 11) is -1.65. The minimum atomic E-state index is -4.09. The van der Waals surface area contributed by atoms with Gasteiger partial charge >= 0.3 is 5.97 Å². The van der Waals surface area contributed by atoms with Crippen LogP contribution in [0.25, 0.3) is 0 Å². The normalized spacial score (nSPS) is 11.1. The quantitative estimate of drug-likeness (QED) is 0.435. The monoisotopic (exact) mass is 398 g/mol. The second kappa shape index (κ2) is 7.30. The summed E-state index contributed by atoms with van der Waals surface area (Å²) in [6, 6.07) is 7.69. The van der Waals surface area contributed by atoms with Crippen LogP contribution in [0.1, 0.15) is 15.9 Å². The lowest BCUT2D eigenvalue weighted by Crippen LogP contribution is -2.27. The Morgan fingerprint density at radius 2 is 1.88 bits per heavy atom. The summed E-state index contributed by atoms with van der Waals surface area (Å²) < 4.78 is 31.1. The molecule has 138 valence electrons. The van der Waals surface area contributed by atoms with Gasteiger partial charge in [-0.05, 0) is 31.2 Å². The van der Waals surface area contributed by atoms with E-state index in [1.807, 2.05) is 0 Å². The first kappa shape index (κ1) is 19.7. The van der Waals surface area contributed by atoms with Gasteiger partial charge in [-0.3, -0.25) is 14.4 Å². The highest BCUT2D eigenvalue weighted by molar-refractivity contribution is 7.92. The van der Waals surface area contributed by atoms with E-state index in [2.05, 4.69) is 4.74 Å². The van der Waals surface area contributed by atoms with Gasteiger partial charge in [0.1, 0.15) is 0 Å². The Morgan fingerprint density at radius 3 is 2.46 bits per heavy atom. The fourth-order valence-electron chi connectivity index (χ4n) is 2.22. The molecule has 10 heteroatoms. The molecule has 0 aliphatic rings. The Hall–Kier alpha value is -2.65. The van der Waals surface area contributed by atoms with Gasteiger partial charge in [0.05, 0.1) is 33.2 Å². The SMILES string of the molecule is COC(=O)c1cc(N(C)S(=O)(=O)c2ccc(C)c([N+](=O)[O-])c2)ccc1Cl. The summed E-state index contributed by atoms with van der Waals surface area (Å²) in [5.74, 6) is -0.714. The predicted molar refractivity (Wildman–Crippen MR) is 96.2 cm³/mol. The summed E-state index contributed by atoms with van der Waals surface area (Å²) in [4.78, 5) is 21.9. The number of halogens is 1. The molecule has 0 aromatic heterocycles. The van der Waals surface area contributed by atoms with Gasteiger partial charge in [0.25, 0.3) is 15.7 Å². The Labute approximate surface area is 155 Å². The van der Waals surface area contributed by atoms with E-state index >= 15 is 0 Å². The molecular formula is C16H15ClN2O6S. The Morgan fingerprint density at radius 1 is 1.23 bits per heavy atom. The van der Waals surface area contributed by atoms with E-state index in [-0.39, 0.29) is 26.9 Å². The maximum atomic E-state index is 12.8. The summed E-state index contributed by atoms with van der Waals surface area (Å²) in [5, 5.41) is 11.2. The highest BCUT2D eigenvalue weighted by atomic mass is 35.5. The van der Waals surface area contributed by atoms with Crippen LogP contribution in [0.2, 0.25) is 5.02 Å². The molecule has 2 rings (SSSR count). The van der Waals surface area contributed by atoms with Crippen molar-refractivity contribution in [2.45, 2.75) is 11.8 Å². The fourth-order valence-corrected chi connectivity index (χ4v) is 3.62. The summed E-state index contributed by atoms with van der Waals surface area (Å²) >= 11 is 5.94. The van der Waals surface area contributed by atoms with Crippen molar-refractivity contribution in [2.75, 3.05) is 18.5 Å². The average Bonchev–Trinajstić information content (AvgIpc) is 2.60. The molecular weight excluding hydrogens is 384 g/mol. The standard InChI is InChI=1S/C16H15ClN2O6S/c1-10-4-6-12(9-15(10)19(21)22)26(23,24)18(2)11-5-7-14(17)13(8-11)16(20)25-3/h4-9H,1-3H3. The van der Waals surface area contributed by atoms with Crippen LogP contribution < -0.4 is 4.31 Å². The Bertz CT molecular complexity index is 990. The number of nitro benzene ring substituents is 1. The molecule has 0 N–H and O–H groups in total. The van der Waals surface area contributed by atoms with Crippen molar-refractivity contribution in [1.29, 1.82) is 0 Å². The number of esters is 1. The number of methoxy groups -OCH3 is 1. The zero-order chi connectivity index (χ0) is 19.6. The van der Waals surface area contributed by atoms with Gasteiger partial charge in [0, 0.05) is 18.7 Å². The van der Waals surface area contributed by atoms with Crippen LogP contribution >= 0.6 is 11.6 Å². The second-order valence-corrected chi connectivity index (χ2v) is 7.71. The van der Waals surface area contributed by atoms with Gasteiger partial charge in [0.2, 0.25) is 0 Å². The molecule has 0 atom stereocenters. The maximum absolute atomic E-state index is 12.8. The van der Waals surface area contributed by atoms with Crippen LogP contribution in [0.5, 0.6) is 0 Å². The molecule has 0 fully saturated rings. The third kappa shape index (κ3) is 3.63. The summed E-state index contributed by atoms with van der Waals surface area (Å²) in [5.41, 5.74) is 0.198. The highest BCUT2D eigenvalue weighted by Crippen LogP contribution is 2.29. The number of hydrogen-bond donors (Lipinski definition) is 0. The van der Waals surface area contributed by atoms with Crippen LogP contribution in [-0.4, -0.2) is 33.5 Å². The molecule has 26 heavy (non-hydrogen) atoms. The number of rotatable bonds is 5. The number of anilines is 1. The topological polar surface area (TPSA) is 107 Å². The van der Waals surface area contributed by atoms with Crippen LogP contribution in [-0.2, 0) is 14.8 Å². The highest BCUT2D eigenvalue weighted by Gasteiger charge is 2.25. The van der Waals surface area contributed by atoms with Crippen molar-refractivity contribution in [3.8, 4) is 0 Å². The van der Waals surface area contributed by atoms with Crippen molar-refractivity contribution in [3.05, 3.63) is 62.7 Å². The van der Waals surface area contributed by atoms with E-state index in [4.69, 9.17) is 11.6 Å². The second-order valence-electron chi connectivity index (χ2n) is 5.33. The molecule has 0 bridgehead atoms. The van der Waals surface area contributed by atoms with E-state index in [1.54, 1.807) is 0 Å². The molecule has 0 aliphatic carbocycles. The van der Waals surface area contributed by atoms with E-state index in [0.717, 1.165) is 10.4 Å². The number of ether oxygens (including phenoxy) is 1. The number of sulfonamides is 1. The number of aryl methyl sites for hydroxylation is 1. The maximum Gasteiger partial charge on any atom is 0.339 e. The fraction of sp³-hybridized carbons (Fsp3) is 0.188. The average molecular weight is 399 g/mol. The Kier molecular flexibility index (Phi) is 5.53. The summed E-state index contributed by atoms with van der Waals surface area (Å²) in [6.07, 6.45) is 0. The lowest BCUT2D eigenvalue weighted by Gasteiger charge is -2.20. The van der Waals surface area contributed by atoms with Gasteiger partial charge in [-0.25, -0.2) is 13.2 Å². The number of hydrogen-bond acceptors (Lipinski definition) is 6. The van der Waals surface area contributed by atoms with Crippen LogP contribution in [0.15, 0.2) is 41.3 Å². The number of nitrogens with zero attached hydrogens (tertiary/aromatic N) is 2. The minimum Gasteiger partial charge on any atom is -0.465 e. The van der Waals surface area contributed by atoms with Crippen LogP contribution in [0.3, 0.4) is 0 Å². The van der Waals surface area contributed by atoms with Crippen molar-refractivity contribution in [3.63, 3.8) is 0 Å². The first-order valence-electron chi connectivity index (χ1n) is 7.21. The van der Waals surface area contributed by atoms with Gasteiger partial charge in [0.15, 0.2) is 0 Å². The lowest BCUT2D eigenvalue weighted by molar-refractivity contribution is -0.385. The van der Waals surface area contributed by atoms with Gasteiger partial charge in [-0.1, -0.05) is 17.7 Å². The van der Waals surface area contributed by atoms with Crippen molar-refractivity contribution in [2.24, 2.45) is 0 Å². The van der Waals surface area contributed by atoms with Crippen molar-refractivity contribution >= 4 is 39.0 Å². The van der Waals surface area contributed by atoms with Gasteiger partial charge in [-0.2, -0.15) is 0 Å². The van der Waals surface area contributed by atoms with Crippen molar-refractivity contribution < 1.29 is 22.9 Å². The zero-order valence-electron chi connectivity index (χ0n) is 14.1. The summed E-state index contributed by atoms with van der Waals surface area (Å²) in [6.45, 7) is 1.51. The van der Waals surface area contributed by atoms with Crippen LogP contribution in [0.4, 0.5) is 11.4 Å². The molecule has 0 spiro atoms. The molecule has 0 aliphatic heterocycles. The first-order chi connectivity index (χ1) is 12.1. The van der Waals surface area contributed by atoms with E-state index in [0.29, 0.717) is 5.56 Å². The zero-order valence-corrected chi connectivity index (χ0v) is 15.7. The molecule has 0 saturated heterocycles. The molecule has 2 aromatic carbocycles. The predicted octanol–water partition coefficient (Wildman–Crippen LogP) is 3.17. The van der Waals surface area contributed by atoms with Gasteiger partial charge < -0.3 is 4.74 Å². The third-order valence-electron chi connectivity index (χ3n) is 3.75. The van der Waals surface area contributed by atoms with E-state index in [1.165, 1.54) is 51.4 Å². The Balaban J connectivity index is 2.52. The molecule has 0 radical (unpaired) electrons. The van der Waals surface area contributed by atoms with E-state index < -0.39 is 20.9 Å². The largest absolute Gasteiger partial charge is 0.465 e. The van der Waals surface area contributed by atoms with E-state index in [9.17, 15) is 23.3 Å². The molecule has 0 unspecified atom stereocenters. The smallest absolute Gasteiger partial charge is 0.339 e. The molecule has 8 nitrogen and oxygen atoms in total. The lowest BCUT2D eigenvalue weighted by atomic mass is 10.2. The number of carbonyl (C=O) groups is 1. The first-order valence-corrected chi connectivity index (χ1v) is 9.03. The van der Waals surface area contributed by atoms with Crippen LogP contribution in [0, 0.1) is 17.0 Å². The minimum absolute atomic E-state index is 0.00334.